The summed E-state index contributed by atoms with van der Waals surface area (Å²) in [4.78, 5) is 16.8. The van der Waals surface area contributed by atoms with Gasteiger partial charge in [0.05, 0.1) is 11.0 Å². The Labute approximate surface area is 149 Å². The van der Waals surface area contributed by atoms with E-state index in [1.807, 2.05) is 17.0 Å². The molecular weight excluding hydrogens is 351 g/mol. The number of benzene rings is 1. The number of halogens is 2. The van der Waals surface area contributed by atoms with Crippen molar-refractivity contribution in [3.8, 4) is 0 Å². The Morgan fingerprint density at radius 2 is 2.17 bits per heavy atom. The Kier molecular flexibility index (Phi) is 5.18. The van der Waals surface area contributed by atoms with Gasteiger partial charge >= 0.3 is 0 Å². The SMILES string of the molecule is O=[N+]([O-])c1ccnc(N2CC[C@H](NCc3ccc(Cl)cc3Cl)C2)c1. The van der Waals surface area contributed by atoms with Gasteiger partial charge in [-0.05, 0) is 24.1 Å². The second-order valence-corrected chi connectivity index (χ2v) is 6.52. The molecule has 1 aliphatic rings. The second-order valence-electron chi connectivity index (χ2n) is 5.68. The van der Waals surface area contributed by atoms with Gasteiger partial charge in [-0.25, -0.2) is 4.98 Å². The number of nitro groups is 1. The van der Waals surface area contributed by atoms with Gasteiger partial charge in [0.25, 0.3) is 5.69 Å². The van der Waals surface area contributed by atoms with E-state index in [0.29, 0.717) is 22.4 Å². The zero-order chi connectivity index (χ0) is 17.1. The molecule has 3 rings (SSSR count). The van der Waals surface area contributed by atoms with Crippen LogP contribution in [0.1, 0.15) is 12.0 Å². The largest absolute Gasteiger partial charge is 0.355 e. The highest BCUT2D eigenvalue weighted by Gasteiger charge is 2.24. The predicted molar refractivity (Wildman–Crippen MR) is 94.8 cm³/mol. The third-order valence-electron chi connectivity index (χ3n) is 4.05. The summed E-state index contributed by atoms with van der Waals surface area (Å²) in [7, 11) is 0. The zero-order valence-electron chi connectivity index (χ0n) is 12.8. The molecule has 1 atom stereocenters. The molecule has 1 aromatic carbocycles. The maximum atomic E-state index is 10.9. The van der Waals surface area contributed by atoms with E-state index in [9.17, 15) is 10.1 Å². The van der Waals surface area contributed by atoms with Gasteiger partial charge < -0.3 is 10.2 Å². The van der Waals surface area contributed by atoms with E-state index in [1.165, 1.54) is 18.3 Å². The molecule has 1 saturated heterocycles. The summed E-state index contributed by atoms with van der Waals surface area (Å²) in [5.74, 6) is 0.637. The Balaban J connectivity index is 1.59. The molecule has 8 heteroatoms. The fraction of sp³-hybridized carbons (Fsp3) is 0.312. The molecule has 0 bridgehead atoms. The van der Waals surface area contributed by atoms with E-state index in [0.717, 1.165) is 25.1 Å². The number of hydrogen-bond donors (Lipinski definition) is 1. The molecular formula is C16H16Cl2N4O2. The molecule has 1 aromatic heterocycles. The lowest BCUT2D eigenvalue weighted by Crippen LogP contribution is -2.32. The number of nitrogens with zero attached hydrogens (tertiary/aromatic N) is 3. The average molecular weight is 367 g/mol. The molecule has 0 spiro atoms. The van der Waals surface area contributed by atoms with Crippen LogP contribution in [0.15, 0.2) is 36.5 Å². The van der Waals surface area contributed by atoms with Crippen molar-refractivity contribution in [3.05, 3.63) is 62.3 Å². The van der Waals surface area contributed by atoms with Gasteiger partial charge in [-0.1, -0.05) is 29.3 Å². The number of nitrogens with one attached hydrogen (secondary N) is 1. The highest BCUT2D eigenvalue weighted by molar-refractivity contribution is 6.35. The van der Waals surface area contributed by atoms with Gasteiger partial charge in [0.15, 0.2) is 0 Å². The van der Waals surface area contributed by atoms with Crippen molar-refractivity contribution in [2.75, 3.05) is 18.0 Å². The molecule has 2 aromatic rings. The Morgan fingerprint density at radius 3 is 2.92 bits per heavy atom. The summed E-state index contributed by atoms with van der Waals surface area (Å²) in [5.41, 5.74) is 1.05. The number of anilines is 1. The molecule has 1 fully saturated rings. The summed E-state index contributed by atoms with van der Waals surface area (Å²) >= 11 is 12.1. The smallest absolute Gasteiger partial charge is 0.274 e. The van der Waals surface area contributed by atoms with Gasteiger partial charge in [0, 0.05) is 48.0 Å². The maximum absolute atomic E-state index is 10.9. The molecule has 1 N–H and O–H groups in total. The van der Waals surface area contributed by atoms with Crippen molar-refractivity contribution in [1.29, 1.82) is 0 Å². The monoisotopic (exact) mass is 366 g/mol. The molecule has 6 nitrogen and oxygen atoms in total. The predicted octanol–water partition coefficient (Wildman–Crippen LogP) is 3.67. The van der Waals surface area contributed by atoms with E-state index in [1.54, 1.807) is 6.07 Å². The summed E-state index contributed by atoms with van der Waals surface area (Å²) in [6, 6.07) is 8.65. The van der Waals surface area contributed by atoms with Crippen molar-refractivity contribution >= 4 is 34.7 Å². The first-order valence-electron chi connectivity index (χ1n) is 7.55. The van der Waals surface area contributed by atoms with Crippen molar-refractivity contribution in [2.24, 2.45) is 0 Å². The van der Waals surface area contributed by atoms with Crippen LogP contribution < -0.4 is 10.2 Å². The lowest BCUT2D eigenvalue weighted by molar-refractivity contribution is -0.384. The van der Waals surface area contributed by atoms with Crippen molar-refractivity contribution in [2.45, 2.75) is 19.0 Å². The van der Waals surface area contributed by atoms with E-state index in [2.05, 4.69) is 10.3 Å². The zero-order valence-corrected chi connectivity index (χ0v) is 14.3. The van der Waals surface area contributed by atoms with Gasteiger partial charge in [-0.3, -0.25) is 10.1 Å². The number of pyridine rings is 1. The molecule has 0 saturated carbocycles. The number of aromatic nitrogens is 1. The minimum atomic E-state index is -0.403. The van der Waals surface area contributed by atoms with Crippen molar-refractivity contribution in [1.82, 2.24) is 10.3 Å². The number of rotatable bonds is 5. The molecule has 126 valence electrons. The minimum Gasteiger partial charge on any atom is -0.355 e. The van der Waals surface area contributed by atoms with Gasteiger partial charge in [-0.2, -0.15) is 0 Å². The van der Waals surface area contributed by atoms with Crippen LogP contribution in [0.5, 0.6) is 0 Å². The molecule has 0 unspecified atom stereocenters. The van der Waals surface area contributed by atoms with Gasteiger partial charge in [0.2, 0.25) is 0 Å². The topological polar surface area (TPSA) is 71.3 Å². The summed E-state index contributed by atoms with van der Waals surface area (Å²) in [6.45, 7) is 2.20. The first kappa shape index (κ1) is 17.0. The average Bonchev–Trinajstić information content (AvgIpc) is 3.03. The van der Waals surface area contributed by atoms with Crippen LogP contribution >= 0.6 is 23.2 Å². The quantitative estimate of drug-likeness (QED) is 0.645. The first-order chi connectivity index (χ1) is 11.5. The van der Waals surface area contributed by atoms with E-state index < -0.39 is 4.92 Å². The van der Waals surface area contributed by atoms with Gasteiger partial charge in [0.1, 0.15) is 5.82 Å². The fourth-order valence-corrected chi connectivity index (χ4v) is 3.22. The van der Waals surface area contributed by atoms with Crippen LogP contribution in [0.4, 0.5) is 11.5 Å². The maximum Gasteiger partial charge on any atom is 0.274 e. The fourth-order valence-electron chi connectivity index (χ4n) is 2.75. The van der Waals surface area contributed by atoms with E-state index >= 15 is 0 Å². The third-order valence-corrected chi connectivity index (χ3v) is 4.64. The highest BCUT2D eigenvalue weighted by Crippen LogP contribution is 2.24. The molecule has 0 aliphatic carbocycles. The lowest BCUT2D eigenvalue weighted by atomic mass is 10.2. The Bertz CT molecular complexity index is 757. The highest BCUT2D eigenvalue weighted by atomic mass is 35.5. The van der Waals surface area contributed by atoms with Crippen LogP contribution in [-0.2, 0) is 6.54 Å². The Morgan fingerprint density at radius 1 is 1.33 bits per heavy atom. The molecule has 0 radical (unpaired) electrons. The van der Waals surface area contributed by atoms with Crippen molar-refractivity contribution in [3.63, 3.8) is 0 Å². The lowest BCUT2D eigenvalue weighted by Gasteiger charge is -2.18. The first-order valence-corrected chi connectivity index (χ1v) is 8.31. The molecule has 0 amide bonds. The van der Waals surface area contributed by atoms with Crippen molar-refractivity contribution < 1.29 is 4.92 Å². The van der Waals surface area contributed by atoms with E-state index in [4.69, 9.17) is 23.2 Å². The second kappa shape index (κ2) is 7.34. The van der Waals surface area contributed by atoms with Crippen LogP contribution in [0.3, 0.4) is 0 Å². The third kappa shape index (κ3) is 3.95. The van der Waals surface area contributed by atoms with Crippen LogP contribution in [0.2, 0.25) is 10.0 Å². The molecule has 24 heavy (non-hydrogen) atoms. The molecule has 1 aliphatic heterocycles. The summed E-state index contributed by atoms with van der Waals surface area (Å²) in [6.07, 6.45) is 2.41. The minimum absolute atomic E-state index is 0.0596. The Hall–Kier alpha value is -1.89. The summed E-state index contributed by atoms with van der Waals surface area (Å²) in [5, 5.41) is 15.6. The molecule has 2 heterocycles. The standard InChI is InChI=1S/C16H16Cl2N4O2/c17-12-2-1-11(15(18)7-12)9-20-13-4-6-21(10-13)16-8-14(22(23)24)3-5-19-16/h1-3,5,7-8,13,20H,4,6,9-10H2/t13-/m0/s1. The van der Waals surface area contributed by atoms with Crippen LogP contribution in [0.25, 0.3) is 0 Å². The van der Waals surface area contributed by atoms with Gasteiger partial charge in [-0.15, -0.1) is 0 Å². The summed E-state index contributed by atoms with van der Waals surface area (Å²) < 4.78 is 0. The van der Waals surface area contributed by atoms with Crippen LogP contribution in [-0.4, -0.2) is 29.0 Å². The van der Waals surface area contributed by atoms with E-state index in [-0.39, 0.29) is 11.7 Å². The number of hydrogen-bond acceptors (Lipinski definition) is 5. The van der Waals surface area contributed by atoms with Crippen LogP contribution in [0, 0.1) is 10.1 Å². The normalized spacial score (nSPS) is 17.2.